The van der Waals surface area contributed by atoms with Crippen molar-refractivity contribution in [2.75, 3.05) is 6.61 Å². The summed E-state index contributed by atoms with van der Waals surface area (Å²) in [6, 6.07) is 13.4. The van der Waals surface area contributed by atoms with Crippen molar-refractivity contribution in [1.82, 2.24) is 5.32 Å². The van der Waals surface area contributed by atoms with Gasteiger partial charge in [0.1, 0.15) is 5.75 Å². The normalized spacial score (nSPS) is 11.8. The van der Waals surface area contributed by atoms with E-state index in [9.17, 15) is 4.79 Å². The van der Waals surface area contributed by atoms with E-state index in [2.05, 4.69) is 21.2 Å². The molecule has 0 aliphatic heterocycles. The van der Waals surface area contributed by atoms with Crippen LogP contribution in [0.15, 0.2) is 46.9 Å². The standard InChI is InChI=1S/C18H19BrClNO2/c1-3-16(13-6-4-12(2)5-7-13)21-18(22)11-23-17-9-8-14(19)10-15(17)20/h4-10,16H,3,11H2,1-2H3,(H,21,22)/t16-/m0/s1. The molecule has 0 aliphatic rings. The summed E-state index contributed by atoms with van der Waals surface area (Å²) in [6.07, 6.45) is 0.813. The maximum absolute atomic E-state index is 12.1. The van der Waals surface area contributed by atoms with Crippen molar-refractivity contribution in [3.05, 3.63) is 63.1 Å². The SMILES string of the molecule is CC[C@H](NC(=O)COc1ccc(Br)cc1Cl)c1ccc(C)cc1. The van der Waals surface area contributed by atoms with Gasteiger partial charge in [-0.05, 0) is 37.1 Å². The van der Waals surface area contributed by atoms with E-state index in [1.54, 1.807) is 12.1 Å². The van der Waals surface area contributed by atoms with E-state index in [-0.39, 0.29) is 18.6 Å². The monoisotopic (exact) mass is 395 g/mol. The fourth-order valence-corrected chi connectivity index (χ4v) is 2.92. The fourth-order valence-electron chi connectivity index (χ4n) is 2.19. The molecule has 0 fully saturated rings. The molecule has 1 amide bonds. The number of amides is 1. The highest BCUT2D eigenvalue weighted by Crippen LogP contribution is 2.27. The van der Waals surface area contributed by atoms with E-state index in [1.807, 2.05) is 44.2 Å². The van der Waals surface area contributed by atoms with Crippen LogP contribution in [0.1, 0.15) is 30.5 Å². The molecule has 1 atom stereocenters. The number of hydrogen-bond donors (Lipinski definition) is 1. The second-order valence-corrected chi connectivity index (χ2v) is 6.63. The highest BCUT2D eigenvalue weighted by Gasteiger charge is 2.13. The van der Waals surface area contributed by atoms with Gasteiger partial charge in [-0.1, -0.05) is 64.3 Å². The Kier molecular flexibility index (Phi) is 6.48. The van der Waals surface area contributed by atoms with Crippen LogP contribution in [0.5, 0.6) is 5.75 Å². The first-order valence-electron chi connectivity index (χ1n) is 7.43. The molecule has 2 aromatic rings. The molecular formula is C18H19BrClNO2. The second kappa shape index (κ2) is 8.37. The first-order chi connectivity index (χ1) is 11.0. The zero-order valence-corrected chi connectivity index (χ0v) is 15.4. The number of halogens is 2. The highest BCUT2D eigenvalue weighted by molar-refractivity contribution is 9.10. The Morgan fingerprint density at radius 3 is 2.57 bits per heavy atom. The van der Waals surface area contributed by atoms with E-state index < -0.39 is 0 Å². The zero-order chi connectivity index (χ0) is 16.8. The molecule has 0 unspecified atom stereocenters. The second-order valence-electron chi connectivity index (χ2n) is 5.30. The molecule has 23 heavy (non-hydrogen) atoms. The first kappa shape index (κ1) is 17.8. The van der Waals surface area contributed by atoms with Crippen LogP contribution < -0.4 is 10.1 Å². The molecule has 0 saturated heterocycles. The largest absolute Gasteiger partial charge is 0.482 e. The Hall–Kier alpha value is -1.52. The minimum absolute atomic E-state index is 0.0212. The molecule has 1 N–H and O–H groups in total. The van der Waals surface area contributed by atoms with Crippen molar-refractivity contribution in [1.29, 1.82) is 0 Å². The number of hydrogen-bond acceptors (Lipinski definition) is 2. The van der Waals surface area contributed by atoms with Gasteiger partial charge in [-0.25, -0.2) is 0 Å². The predicted molar refractivity (Wildman–Crippen MR) is 97.0 cm³/mol. The van der Waals surface area contributed by atoms with Gasteiger partial charge < -0.3 is 10.1 Å². The van der Waals surface area contributed by atoms with Gasteiger partial charge >= 0.3 is 0 Å². The van der Waals surface area contributed by atoms with Crippen LogP contribution in [0.3, 0.4) is 0 Å². The summed E-state index contributed by atoms with van der Waals surface area (Å²) >= 11 is 9.40. The first-order valence-corrected chi connectivity index (χ1v) is 8.60. The molecule has 0 bridgehead atoms. The molecule has 0 aromatic heterocycles. The van der Waals surface area contributed by atoms with Gasteiger partial charge in [0, 0.05) is 4.47 Å². The molecule has 0 spiro atoms. The Balaban J connectivity index is 1.93. The Morgan fingerprint density at radius 1 is 1.26 bits per heavy atom. The van der Waals surface area contributed by atoms with Crippen molar-refractivity contribution >= 4 is 33.4 Å². The third-order valence-electron chi connectivity index (χ3n) is 3.48. The molecule has 0 radical (unpaired) electrons. The smallest absolute Gasteiger partial charge is 0.258 e. The van der Waals surface area contributed by atoms with E-state index in [0.717, 1.165) is 16.5 Å². The highest BCUT2D eigenvalue weighted by atomic mass is 79.9. The molecule has 2 aromatic carbocycles. The lowest BCUT2D eigenvalue weighted by Crippen LogP contribution is -2.32. The van der Waals surface area contributed by atoms with Gasteiger partial charge in [0.15, 0.2) is 6.61 Å². The lowest BCUT2D eigenvalue weighted by molar-refractivity contribution is -0.123. The number of benzene rings is 2. The molecule has 2 rings (SSSR count). The van der Waals surface area contributed by atoms with Crippen LogP contribution in [-0.4, -0.2) is 12.5 Å². The van der Waals surface area contributed by atoms with E-state index in [0.29, 0.717) is 10.8 Å². The van der Waals surface area contributed by atoms with E-state index in [1.165, 1.54) is 5.56 Å². The number of rotatable bonds is 6. The van der Waals surface area contributed by atoms with Gasteiger partial charge in [-0.2, -0.15) is 0 Å². The summed E-state index contributed by atoms with van der Waals surface area (Å²) in [5.74, 6) is 0.324. The number of ether oxygens (including phenoxy) is 1. The zero-order valence-electron chi connectivity index (χ0n) is 13.1. The van der Waals surface area contributed by atoms with Crippen molar-refractivity contribution in [2.45, 2.75) is 26.3 Å². The minimum atomic E-state index is -0.170. The average Bonchev–Trinajstić information content (AvgIpc) is 2.52. The summed E-state index contributed by atoms with van der Waals surface area (Å²) < 4.78 is 6.35. The third-order valence-corrected chi connectivity index (χ3v) is 4.26. The number of carbonyl (C=O) groups excluding carboxylic acids is 1. The van der Waals surface area contributed by atoms with Crippen molar-refractivity contribution in [3.8, 4) is 5.75 Å². The summed E-state index contributed by atoms with van der Waals surface area (Å²) in [5.41, 5.74) is 2.29. The van der Waals surface area contributed by atoms with Crippen LogP contribution in [0.2, 0.25) is 5.02 Å². The topological polar surface area (TPSA) is 38.3 Å². The average molecular weight is 397 g/mol. The number of carbonyl (C=O) groups is 1. The Bertz CT molecular complexity index is 673. The Morgan fingerprint density at radius 2 is 1.96 bits per heavy atom. The summed E-state index contributed by atoms with van der Waals surface area (Å²) in [6.45, 7) is 4.01. The van der Waals surface area contributed by atoms with Gasteiger partial charge in [-0.15, -0.1) is 0 Å². The van der Waals surface area contributed by atoms with Gasteiger partial charge in [0.2, 0.25) is 0 Å². The molecule has 0 saturated carbocycles. The van der Waals surface area contributed by atoms with Crippen molar-refractivity contribution in [2.24, 2.45) is 0 Å². The van der Waals surface area contributed by atoms with Gasteiger partial charge in [-0.3, -0.25) is 4.79 Å². The van der Waals surface area contributed by atoms with Crippen LogP contribution in [0.4, 0.5) is 0 Å². The van der Waals surface area contributed by atoms with E-state index in [4.69, 9.17) is 16.3 Å². The van der Waals surface area contributed by atoms with Crippen LogP contribution in [-0.2, 0) is 4.79 Å². The maximum Gasteiger partial charge on any atom is 0.258 e. The van der Waals surface area contributed by atoms with E-state index >= 15 is 0 Å². The lowest BCUT2D eigenvalue weighted by atomic mass is 10.0. The van der Waals surface area contributed by atoms with Crippen LogP contribution in [0.25, 0.3) is 0 Å². The third kappa shape index (κ3) is 5.26. The molecule has 0 aliphatic carbocycles. The quantitative estimate of drug-likeness (QED) is 0.741. The molecule has 5 heteroatoms. The van der Waals surface area contributed by atoms with Gasteiger partial charge in [0.25, 0.3) is 5.91 Å². The lowest BCUT2D eigenvalue weighted by Gasteiger charge is -2.18. The number of aryl methyl sites for hydroxylation is 1. The van der Waals surface area contributed by atoms with Crippen molar-refractivity contribution in [3.63, 3.8) is 0 Å². The number of nitrogens with one attached hydrogen (secondary N) is 1. The molecule has 3 nitrogen and oxygen atoms in total. The fraction of sp³-hybridized carbons (Fsp3) is 0.278. The Labute approximate surface area is 150 Å². The predicted octanol–water partition coefficient (Wildman–Crippen LogP) is 5.06. The molecule has 122 valence electrons. The van der Waals surface area contributed by atoms with Gasteiger partial charge in [0.05, 0.1) is 11.1 Å². The van der Waals surface area contributed by atoms with Crippen LogP contribution >= 0.6 is 27.5 Å². The minimum Gasteiger partial charge on any atom is -0.482 e. The summed E-state index contributed by atoms with van der Waals surface area (Å²) in [4.78, 5) is 12.1. The maximum atomic E-state index is 12.1. The summed E-state index contributed by atoms with van der Waals surface area (Å²) in [5, 5.41) is 3.46. The van der Waals surface area contributed by atoms with Crippen LogP contribution in [0, 0.1) is 6.92 Å². The molecule has 0 heterocycles. The van der Waals surface area contributed by atoms with Crippen molar-refractivity contribution < 1.29 is 9.53 Å². The molecular weight excluding hydrogens is 378 g/mol. The summed E-state index contributed by atoms with van der Waals surface area (Å²) in [7, 11) is 0.